The Hall–Kier alpha value is -0.200. The van der Waals surface area contributed by atoms with Crippen LogP contribution in [0.2, 0.25) is 0 Å². The van der Waals surface area contributed by atoms with Gasteiger partial charge in [0.15, 0.2) is 0 Å². The SMILES string of the molecule is COCC(O)CN1CCC(NC2CCN(C3CCCC3)CC2)CC1. The highest BCUT2D eigenvalue weighted by atomic mass is 16.5. The molecule has 0 spiro atoms. The molecule has 1 aliphatic carbocycles. The average molecular weight is 340 g/mol. The van der Waals surface area contributed by atoms with Gasteiger partial charge in [-0.3, -0.25) is 0 Å². The van der Waals surface area contributed by atoms with Gasteiger partial charge in [-0.05, 0) is 64.7 Å². The van der Waals surface area contributed by atoms with E-state index < -0.39 is 0 Å². The summed E-state index contributed by atoms with van der Waals surface area (Å²) >= 11 is 0. The van der Waals surface area contributed by atoms with Crippen molar-refractivity contribution < 1.29 is 9.84 Å². The number of ether oxygens (including phenoxy) is 1. The summed E-state index contributed by atoms with van der Waals surface area (Å²) in [5.41, 5.74) is 0. The van der Waals surface area contributed by atoms with Crippen LogP contribution in [0.5, 0.6) is 0 Å². The van der Waals surface area contributed by atoms with E-state index in [4.69, 9.17) is 4.74 Å². The van der Waals surface area contributed by atoms with Crippen LogP contribution in [0, 0.1) is 0 Å². The highest BCUT2D eigenvalue weighted by molar-refractivity contribution is 4.87. The van der Waals surface area contributed by atoms with Crippen LogP contribution >= 0.6 is 0 Å². The lowest BCUT2D eigenvalue weighted by Crippen LogP contribution is -2.51. The Morgan fingerprint density at radius 2 is 1.54 bits per heavy atom. The molecule has 0 aromatic rings. The van der Waals surface area contributed by atoms with Crippen molar-refractivity contribution in [3.63, 3.8) is 0 Å². The minimum Gasteiger partial charge on any atom is -0.389 e. The first-order valence-electron chi connectivity index (χ1n) is 10.1. The molecule has 5 heteroatoms. The molecule has 0 aromatic heterocycles. The van der Waals surface area contributed by atoms with Crippen molar-refractivity contribution in [2.24, 2.45) is 0 Å². The summed E-state index contributed by atoms with van der Waals surface area (Å²) in [6.45, 7) is 5.98. The smallest absolute Gasteiger partial charge is 0.0900 e. The molecule has 2 N–H and O–H groups in total. The second-order valence-corrected chi connectivity index (χ2v) is 8.10. The van der Waals surface area contributed by atoms with E-state index in [1.165, 1.54) is 64.5 Å². The third-order valence-electron chi connectivity index (χ3n) is 6.26. The molecule has 0 aromatic carbocycles. The summed E-state index contributed by atoms with van der Waals surface area (Å²) in [6.07, 6.45) is 10.5. The van der Waals surface area contributed by atoms with Crippen molar-refractivity contribution in [1.82, 2.24) is 15.1 Å². The first-order valence-corrected chi connectivity index (χ1v) is 10.1. The minimum absolute atomic E-state index is 0.348. The van der Waals surface area contributed by atoms with Crippen molar-refractivity contribution in [1.29, 1.82) is 0 Å². The lowest BCUT2D eigenvalue weighted by atomic mass is 9.98. The van der Waals surface area contributed by atoms with Crippen LogP contribution in [-0.2, 0) is 4.74 Å². The summed E-state index contributed by atoms with van der Waals surface area (Å²) < 4.78 is 5.02. The van der Waals surface area contributed by atoms with E-state index >= 15 is 0 Å². The Morgan fingerprint density at radius 1 is 0.958 bits per heavy atom. The fourth-order valence-electron chi connectivity index (χ4n) is 4.86. The van der Waals surface area contributed by atoms with E-state index in [1.807, 2.05) is 0 Å². The molecule has 3 aliphatic rings. The molecule has 2 saturated heterocycles. The average Bonchev–Trinajstić information content (AvgIpc) is 3.12. The fourth-order valence-corrected chi connectivity index (χ4v) is 4.86. The monoisotopic (exact) mass is 339 g/mol. The maximum Gasteiger partial charge on any atom is 0.0900 e. The number of methoxy groups -OCH3 is 1. The van der Waals surface area contributed by atoms with E-state index in [9.17, 15) is 5.11 Å². The predicted octanol–water partition coefficient (Wildman–Crippen LogP) is 1.45. The van der Waals surface area contributed by atoms with Crippen LogP contribution in [0.4, 0.5) is 0 Å². The molecular formula is C19H37N3O2. The standard InChI is InChI=1S/C19H37N3O2/c1-24-15-19(23)14-21-10-6-16(7-11-21)20-17-8-12-22(13-9-17)18-4-2-3-5-18/h16-20,23H,2-15H2,1H3. The van der Waals surface area contributed by atoms with E-state index in [0.717, 1.165) is 31.7 Å². The van der Waals surface area contributed by atoms with E-state index in [-0.39, 0.29) is 6.10 Å². The Bertz CT molecular complexity index is 347. The topological polar surface area (TPSA) is 48.0 Å². The molecule has 1 atom stereocenters. The predicted molar refractivity (Wildman–Crippen MR) is 97.3 cm³/mol. The molecule has 0 amide bonds. The van der Waals surface area contributed by atoms with Crippen molar-refractivity contribution >= 4 is 0 Å². The number of hydrogen-bond acceptors (Lipinski definition) is 5. The van der Waals surface area contributed by atoms with Gasteiger partial charge in [0, 0.05) is 31.8 Å². The third-order valence-corrected chi connectivity index (χ3v) is 6.26. The summed E-state index contributed by atoms with van der Waals surface area (Å²) in [4.78, 5) is 5.13. The molecule has 5 nitrogen and oxygen atoms in total. The van der Waals surface area contributed by atoms with Gasteiger partial charge in [0.05, 0.1) is 12.7 Å². The van der Waals surface area contributed by atoms with Crippen LogP contribution < -0.4 is 5.32 Å². The molecule has 24 heavy (non-hydrogen) atoms. The maximum atomic E-state index is 9.86. The van der Waals surface area contributed by atoms with Gasteiger partial charge in [-0.15, -0.1) is 0 Å². The van der Waals surface area contributed by atoms with Gasteiger partial charge in [-0.25, -0.2) is 0 Å². The van der Waals surface area contributed by atoms with Gasteiger partial charge in [0.1, 0.15) is 0 Å². The summed E-state index contributed by atoms with van der Waals surface area (Å²) in [5, 5.41) is 13.8. The summed E-state index contributed by atoms with van der Waals surface area (Å²) in [7, 11) is 1.65. The zero-order chi connectivity index (χ0) is 16.8. The third kappa shape index (κ3) is 5.40. The number of β-amino-alcohol motifs (C(OH)–C–C–N with tert-alkyl or cyclic N) is 1. The number of nitrogens with zero attached hydrogens (tertiary/aromatic N) is 2. The molecule has 2 heterocycles. The molecule has 1 unspecified atom stereocenters. The lowest BCUT2D eigenvalue weighted by molar-refractivity contribution is 0.0301. The van der Waals surface area contributed by atoms with Gasteiger partial charge in [0.2, 0.25) is 0 Å². The molecule has 0 bridgehead atoms. The van der Waals surface area contributed by atoms with Crippen molar-refractivity contribution in [3.05, 3.63) is 0 Å². The molecular weight excluding hydrogens is 302 g/mol. The molecule has 2 aliphatic heterocycles. The number of aliphatic hydroxyl groups excluding tert-OH is 1. The molecule has 0 radical (unpaired) electrons. The molecule has 1 saturated carbocycles. The molecule has 3 fully saturated rings. The van der Waals surface area contributed by atoms with Crippen molar-refractivity contribution in [2.45, 2.75) is 75.6 Å². The Balaban J connectivity index is 1.31. The first-order chi connectivity index (χ1) is 11.7. The molecule has 3 rings (SSSR count). The van der Waals surface area contributed by atoms with Crippen LogP contribution in [-0.4, -0.2) is 85.6 Å². The normalized spacial score (nSPS) is 27.8. The summed E-state index contributed by atoms with van der Waals surface area (Å²) in [5.74, 6) is 0. The minimum atomic E-state index is -0.348. The second kappa shape index (κ2) is 9.48. The Labute approximate surface area is 147 Å². The largest absolute Gasteiger partial charge is 0.389 e. The molecule has 140 valence electrons. The quantitative estimate of drug-likeness (QED) is 0.735. The number of rotatable bonds is 7. The van der Waals surface area contributed by atoms with Crippen molar-refractivity contribution in [2.75, 3.05) is 46.4 Å². The zero-order valence-electron chi connectivity index (χ0n) is 15.5. The van der Waals surface area contributed by atoms with E-state index in [0.29, 0.717) is 12.6 Å². The van der Waals surface area contributed by atoms with Crippen LogP contribution in [0.1, 0.15) is 51.4 Å². The van der Waals surface area contributed by atoms with Crippen LogP contribution in [0.15, 0.2) is 0 Å². The van der Waals surface area contributed by atoms with E-state index in [1.54, 1.807) is 7.11 Å². The number of aliphatic hydroxyl groups is 1. The highest BCUT2D eigenvalue weighted by Crippen LogP contribution is 2.26. The maximum absolute atomic E-state index is 9.86. The number of piperidine rings is 2. The number of hydrogen-bond donors (Lipinski definition) is 2. The highest BCUT2D eigenvalue weighted by Gasteiger charge is 2.29. The van der Waals surface area contributed by atoms with Crippen molar-refractivity contribution in [3.8, 4) is 0 Å². The second-order valence-electron chi connectivity index (χ2n) is 8.10. The van der Waals surface area contributed by atoms with E-state index in [2.05, 4.69) is 15.1 Å². The fraction of sp³-hybridized carbons (Fsp3) is 1.00. The first kappa shape index (κ1) is 18.6. The zero-order valence-corrected chi connectivity index (χ0v) is 15.5. The Morgan fingerprint density at radius 3 is 2.12 bits per heavy atom. The summed E-state index contributed by atoms with van der Waals surface area (Å²) in [6, 6.07) is 2.29. The lowest BCUT2D eigenvalue weighted by Gasteiger charge is -2.39. The number of likely N-dealkylation sites (tertiary alicyclic amines) is 2. The van der Waals surface area contributed by atoms with Crippen LogP contribution in [0.3, 0.4) is 0 Å². The van der Waals surface area contributed by atoms with Gasteiger partial charge in [-0.1, -0.05) is 12.8 Å². The van der Waals surface area contributed by atoms with Crippen LogP contribution in [0.25, 0.3) is 0 Å². The van der Waals surface area contributed by atoms with Gasteiger partial charge < -0.3 is 25.0 Å². The van der Waals surface area contributed by atoms with Gasteiger partial charge >= 0.3 is 0 Å². The Kier molecular flexibility index (Phi) is 7.35. The van der Waals surface area contributed by atoms with Gasteiger partial charge in [0.25, 0.3) is 0 Å². The number of nitrogens with one attached hydrogen (secondary N) is 1. The van der Waals surface area contributed by atoms with Gasteiger partial charge in [-0.2, -0.15) is 0 Å².